The van der Waals surface area contributed by atoms with E-state index in [0.717, 1.165) is 58.5 Å². The van der Waals surface area contributed by atoms with E-state index >= 15 is 4.39 Å². The number of hydrogen-bond acceptors (Lipinski definition) is 10. The Kier molecular flexibility index (Phi) is 6.68. The van der Waals surface area contributed by atoms with E-state index in [4.69, 9.17) is 25.6 Å². The van der Waals surface area contributed by atoms with E-state index < -0.39 is 11.6 Å². The number of hydrogen-bond donors (Lipinski definition) is 2. The number of phenols is 1. The lowest BCUT2D eigenvalue weighted by Crippen LogP contribution is -2.60. The average Bonchev–Trinajstić information content (AvgIpc) is 3.77. The number of aromatic hydroxyl groups is 1. The third-order valence-corrected chi connectivity index (χ3v) is 10.5. The van der Waals surface area contributed by atoms with Crippen molar-refractivity contribution in [3.63, 3.8) is 0 Å². The van der Waals surface area contributed by atoms with Crippen molar-refractivity contribution in [2.45, 2.75) is 43.8 Å². The largest absolute Gasteiger partial charge is 0.508 e. The summed E-state index contributed by atoms with van der Waals surface area (Å²) in [4.78, 5) is 18.9. The lowest BCUT2D eigenvalue weighted by molar-refractivity contribution is 0.0231. The van der Waals surface area contributed by atoms with E-state index in [0.29, 0.717) is 36.3 Å². The van der Waals surface area contributed by atoms with Crippen LogP contribution in [0.25, 0.3) is 32.9 Å². The number of pyridine rings is 1. The first-order valence-corrected chi connectivity index (χ1v) is 16.3. The second kappa shape index (κ2) is 10.9. The van der Waals surface area contributed by atoms with E-state index in [2.05, 4.69) is 31.0 Å². The number of nitrogens with zero attached hydrogens (tertiary/aromatic N) is 5. The predicted molar refractivity (Wildman–Crippen MR) is 171 cm³/mol. The molecule has 2 aromatic carbocycles. The van der Waals surface area contributed by atoms with E-state index in [-0.39, 0.29) is 68.9 Å². The van der Waals surface area contributed by atoms with Gasteiger partial charge in [-0.2, -0.15) is 9.97 Å². The van der Waals surface area contributed by atoms with Gasteiger partial charge < -0.3 is 29.5 Å². The number of fused-ring (bicyclic) bond motifs is 6. The monoisotopic (exact) mass is 640 g/mol. The molecule has 0 spiro atoms. The summed E-state index contributed by atoms with van der Waals surface area (Å²) in [5.74, 6) is 1.57. The second-order valence-corrected chi connectivity index (χ2v) is 13.5. The van der Waals surface area contributed by atoms with Crippen LogP contribution in [-0.4, -0.2) is 95.7 Å². The highest BCUT2D eigenvalue weighted by Crippen LogP contribution is 2.48. The summed E-state index contributed by atoms with van der Waals surface area (Å²) in [6.07, 6.45) is 9.84. The van der Waals surface area contributed by atoms with E-state index in [1.54, 1.807) is 0 Å². The third-order valence-electron chi connectivity index (χ3n) is 10.5. The van der Waals surface area contributed by atoms with Gasteiger partial charge in [-0.05, 0) is 49.3 Å². The quantitative estimate of drug-likeness (QED) is 0.301. The number of terminal acetylenes is 1. The van der Waals surface area contributed by atoms with Gasteiger partial charge in [0.2, 0.25) is 5.88 Å². The summed E-state index contributed by atoms with van der Waals surface area (Å²) >= 11 is 0. The van der Waals surface area contributed by atoms with E-state index in [1.165, 1.54) is 24.3 Å². The zero-order chi connectivity index (χ0) is 31.9. The first kappa shape index (κ1) is 28.9. The van der Waals surface area contributed by atoms with Gasteiger partial charge in [0.15, 0.2) is 5.82 Å². The van der Waals surface area contributed by atoms with Crippen LogP contribution in [0.5, 0.6) is 17.6 Å². The molecule has 1 saturated carbocycles. The normalized spacial score (nSPS) is 24.4. The number of ether oxygens (including phenoxy) is 3. The molecule has 1 aliphatic carbocycles. The van der Waals surface area contributed by atoms with Crippen LogP contribution >= 0.6 is 0 Å². The number of nitrogens with one attached hydrogen (secondary N) is 1. The van der Waals surface area contributed by atoms with Crippen LogP contribution in [0.15, 0.2) is 24.3 Å². The van der Waals surface area contributed by atoms with Crippen LogP contribution < -0.4 is 19.7 Å². The molecule has 3 atom stereocenters. The van der Waals surface area contributed by atoms with Crippen LogP contribution in [0.2, 0.25) is 0 Å². The number of anilines is 1. The Morgan fingerprint density at radius 2 is 1.96 bits per heavy atom. The molecule has 0 amide bonds. The van der Waals surface area contributed by atoms with Crippen molar-refractivity contribution in [2.24, 2.45) is 5.41 Å². The number of morpholine rings is 1. The van der Waals surface area contributed by atoms with Crippen molar-refractivity contribution in [3.8, 4) is 41.2 Å². The van der Waals surface area contributed by atoms with Gasteiger partial charge in [0.1, 0.15) is 40.6 Å². The van der Waals surface area contributed by atoms with Gasteiger partial charge in [-0.25, -0.2) is 13.8 Å². The Labute approximate surface area is 270 Å². The van der Waals surface area contributed by atoms with Gasteiger partial charge in [-0.15, -0.1) is 6.42 Å². The van der Waals surface area contributed by atoms with Crippen molar-refractivity contribution in [1.29, 1.82) is 0 Å². The number of halogens is 2. The molecule has 9 rings (SSSR count). The third kappa shape index (κ3) is 4.82. The number of benzene rings is 2. The van der Waals surface area contributed by atoms with Gasteiger partial charge in [0, 0.05) is 54.6 Å². The maximum Gasteiger partial charge on any atom is 0.319 e. The molecule has 0 unspecified atom stereocenters. The Bertz CT molecular complexity index is 1970. The van der Waals surface area contributed by atoms with Crippen molar-refractivity contribution < 1.29 is 28.1 Å². The van der Waals surface area contributed by atoms with Crippen molar-refractivity contribution in [1.82, 2.24) is 25.2 Å². The lowest BCUT2D eigenvalue weighted by Gasteiger charge is -2.40. The highest BCUT2D eigenvalue weighted by Gasteiger charge is 2.46. The zero-order valence-electron chi connectivity index (χ0n) is 25.8. The topological polar surface area (TPSA) is 105 Å². The van der Waals surface area contributed by atoms with Gasteiger partial charge in [-0.1, -0.05) is 12.0 Å². The van der Waals surface area contributed by atoms with E-state index in [1.807, 2.05) is 0 Å². The maximum atomic E-state index is 17.0. The van der Waals surface area contributed by atoms with Crippen molar-refractivity contribution in [2.75, 3.05) is 57.5 Å². The summed E-state index contributed by atoms with van der Waals surface area (Å²) in [7, 11) is 0. The molecule has 5 aliphatic rings. The summed E-state index contributed by atoms with van der Waals surface area (Å²) in [6, 6.07) is 6.03. The standard InChI is InChI=1S/C35H34F2N6O4/c1-2-22-24(36)5-3-19-13-21(44)14-23(27(19)22)30-29(37)31-28-32(43-15-20-4-6-25(38-20)26(43)16-46-33(28)39-30)41-34(40-31)47-18-35(7-8-35)17-42-9-11-45-12-10-42/h1,3,5,13-14,20,25-26,38,44H,4,6-12,15-18H2/t20-,25+,26-/m1/s1. The van der Waals surface area contributed by atoms with Crippen LogP contribution in [-0.2, 0) is 4.74 Å². The molecular weight excluding hydrogens is 606 g/mol. The SMILES string of the molecule is C#Cc1c(F)ccc2cc(O)cc(-c3nc4c5c(nc(OCC6(CN7CCOCC7)CC6)nc5c3F)N3C[C@H]5CC[C@H](N5)[C@H]3CO4)c12. The second-order valence-electron chi connectivity index (χ2n) is 13.5. The van der Waals surface area contributed by atoms with E-state index in [9.17, 15) is 9.50 Å². The fourth-order valence-electron chi connectivity index (χ4n) is 7.89. The fraction of sp³-hybridized carbons (Fsp3) is 0.457. The molecule has 6 heterocycles. The van der Waals surface area contributed by atoms with Crippen LogP contribution in [0.3, 0.4) is 0 Å². The van der Waals surface area contributed by atoms with Gasteiger partial charge in [0.25, 0.3) is 0 Å². The molecule has 4 aliphatic heterocycles. The van der Waals surface area contributed by atoms with Crippen molar-refractivity contribution in [3.05, 3.63) is 41.5 Å². The average molecular weight is 641 g/mol. The number of aromatic nitrogens is 3. The maximum absolute atomic E-state index is 17.0. The van der Waals surface area contributed by atoms with Gasteiger partial charge >= 0.3 is 6.01 Å². The molecule has 242 valence electrons. The first-order valence-electron chi connectivity index (χ1n) is 16.3. The highest BCUT2D eigenvalue weighted by atomic mass is 19.1. The molecule has 10 nitrogen and oxygen atoms in total. The minimum atomic E-state index is -0.758. The molecule has 4 aromatic rings. The summed E-state index contributed by atoms with van der Waals surface area (Å²) in [5, 5.41) is 15.4. The molecule has 4 fully saturated rings. The van der Waals surface area contributed by atoms with Crippen molar-refractivity contribution >= 4 is 27.5 Å². The Morgan fingerprint density at radius 3 is 2.77 bits per heavy atom. The lowest BCUT2D eigenvalue weighted by atomic mass is 9.95. The fourth-order valence-corrected chi connectivity index (χ4v) is 7.89. The Hall–Kier alpha value is -4.31. The molecule has 3 saturated heterocycles. The molecule has 2 N–H and O–H groups in total. The molecule has 0 radical (unpaired) electrons. The minimum Gasteiger partial charge on any atom is -0.508 e. The van der Waals surface area contributed by atoms with Crippen LogP contribution in [0.1, 0.15) is 31.2 Å². The van der Waals surface area contributed by atoms with Gasteiger partial charge in [-0.3, -0.25) is 4.90 Å². The summed E-state index contributed by atoms with van der Waals surface area (Å²) in [6.45, 7) is 5.54. The Balaban J connectivity index is 1.19. The summed E-state index contributed by atoms with van der Waals surface area (Å²) in [5.41, 5.74) is -0.0830. The Morgan fingerprint density at radius 1 is 1.11 bits per heavy atom. The minimum absolute atomic E-state index is 0.00708. The molecule has 2 aromatic heterocycles. The predicted octanol–water partition coefficient (Wildman–Crippen LogP) is 4.00. The van der Waals surface area contributed by atoms with Crippen LogP contribution in [0, 0.1) is 29.4 Å². The highest BCUT2D eigenvalue weighted by molar-refractivity contribution is 6.04. The molecular formula is C35H34F2N6O4. The molecule has 12 heteroatoms. The zero-order valence-corrected chi connectivity index (χ0v) is 25.8. The summed E-state index contributed by atoms with van der Waals surface area (Å²) < 4.78 is 50.2. The smallest absolute Gasteiger partial charge is 0.319 e. The first-order chi connectivity index (χ1) is 22.9. The van der Waals surface area contributed by atoms with Crippen LogP contribution in [0.4, 0.5) is 14.6 Å². The number of piperazine rings is 1. The van der Waals surface area contributed by atoms with Gasteiger partial charge in [0.05, 0.1) is 31.4 Å². The number of rotatable bonds is 6. The molecule has 47 heavy (non-hydrogen) atoms. The molecule has 2 bridgehead atoms. The number of phenolic OH excluding ortho intramolecular Hbond substituents is 1.